The maximum absolute atomic E-state index is 13.7. The van der Waals surface area contributed by atoms with Crippen molar-refractivity contribution in [1.29, 1.82) is 0 Å². The van der Waals surface area contributed by atoms with Crippen LogP contribution in [-0.2, 0) is 9.84 Å². The van der Waals surface area contributed by atoms with Crippen molar-refractivity contribution in [2.45, 2.75) is 17.1 Å². The third-order valence-electron chi connectivity index (χ3n) is 4.75. The SMILES string of the molecule is COc1cc(OC)cc(C(=O)NC[C@@H](c2cccs2)S(=O)(=O)c2ccc(F)c(C)c2)c1. The van der Waals surface area contributed by atoms with Gasteiger partial charge in [0.25, 0.3) is 5.91 Å². The van der Waals surface area contributed by atoms with Crippen LogP contribution >= 0.6 is 11.3 Å². The first-order valence-electron chi connectivity index (χ1n) is 9.31. The van der Waals surface area contributed by atoms with Crippen LogP contribution < -0.4 is 14.8 Å². The van der Waals surface area contributed by atoms with Gasteiger partial charge in [0.2, 0.25) is 0 Å². The third kappa shape index (κ3) is 5.05. The van der Waals surface area contributed by atoms with Crippen LogP contribution in [0.1, 0.15) is 26.0 Å². The number of aryl methyl sites for hydroxylation is 1. The van der Waals surface area contributed by atoms with E-state index in [1.165, 1.54) is 56.7 Å². The van der Waals surface area contributed by atoms with Gasteiger partial charge < -0.3 is 14.8 Å². The second kappa shape index (κ2) is 9.49. The number of sulfone groups is 1. The van der Waals surface area contributed by atoms with Crippen molar-refractivity contribution >= 4 is 27.1 Å². The molecule has 0 unspecified atom stereocenters. The fraction of sp³-hybridized carbons (Fsp3) is 0.227. The highest BCUT2D eigenvalue weighted by atomic mass is 32.2. The summed E-state index contributed by atoms with van der Waals surface area (Å²) in [6.45, 7) is 1.35. The fourth-order valence-electron chi connectivity index (χ4n) is 3.02. The molecule has 0 spiro atoms. The van der Waals surface area contributed by atoms with Crippen LogP contribution in [0.5, 0.6) is 11.5 Å². The summed E-state index contributed by atoms with van der Waals surface area (Å²) in [5.74, 6) is -0.0708. The molecular formula is C22H22FNO5S2. The van der Waals surface area contributed by atoms with Gasteiger partial charge >= 0.3 is 0 Å². The van der Waals surface area contributed by atoms with Gasteiger partial charge in [-0.25, -0.2) is 12.8 Å². The number of carbonyl (C=O) groups is 1. The average Bonchev–Trinajstić information content (AvgIpc) is 3.29. The number of thiophene rings is 1. The summed E-state index contributed by atoms with van der Waals surface area (Å²) in [5.41, 5.74) is 0.509. The molecular weight excluding hydrogens is 441 g/mol. The van der Waals surface area contributed by atoms with Gasteiger partial charge in [-0.1, -0.05) is 6.07 Å². The number of nitrogens with one attached hydrogen (secondary N) is 1. The van der Waals surface area contributed by atoms with Crippen molar-refractivity contribution in [1.82, 2.24) is 5.32 Å². The summed E-state index contributed by atoms with van der Waals surface area (Å²) >= 11 is 1.27. The van der Waals surface area contributed by atoms with Crippen molar-refractivity contribution < 1.29 is 27.1 Å². The molecule has 164 valence electrons. The second-order valence-corrected chi connectivity index (χ2v) is 9.88. The van der Waals surface area contributed by atoms with Crippen molar-refractivity contribution in [3.63, 3.8) is 0 Å². The minimum absolute atomic E-state index is 0.00194. The van der Waals surface area contributed by atoms with Crippen LogP contribution in [0, 0.1) is 12.7 Å². The number of rotatable bonds is 8. The maximum Gasteiger partial charge on any atom is 0.251 e. The van der Waals surface area contributed by atoms with Crippen molar-refractivity contribution in [2.24, 2.45) is 0 Å². The molecule has 3 aromatic rings. The zero-order valence-electron chi connectivity index (χ0n) is 17.2. The second-order valence-electron chi connectivity index (χ2n) is 6.77. The molecule has 1 aromatic heterocycles. The van der Waals surface area contributed by atoms with E-state index in [9.17, 15) is 17.6 Å². The number of benzene rings is 2. The first-order valence-corrected chi connectivity index (χ1v) is 11.7. The summed E-state index contributed by atoms with van der Waals surface area (Å²) in [6, 6.07) is 11.8. The monoisotopic (exact) mass is 463 g/mol. The minimum Gasteiger partial charge on any atom is -0.497 e. The van der Waals surface area contributed by atoms with Gasteiger partial charge in [0.15, 0.2) is 9.84 Å². The minimum atomic E-state index is -3.89. The Morgan fingerprint density at radius 2 is 1.77 bits per heavy atom. The Morgan fingerprint density at radius 1 is 1.10 bits per heavy atom. The Morgan fingerprint density at radius 3 is 2.32 bits per heavy atom. The topological polar surface area (TPSA) is 81.7 Å². The van der Waals surface area contributed by atoms with E-state index in [0.29, 0.717) is 16.4 Å². The molecule has 6 nitrogen and oxygen atoms in total. The van der Waals surface area contributed by atoms with Crippen molar-refractivity contribution in [3.8, 4) is 11.5 Å². The summed E-state index contributed by atoms with van der Waals surface area (Å²) in [5, 5.41) is 3.44. The number of carbonyl (C=O) groups excluding carboxylic acids is 1. The van der Waals surface area contributed by atoms with E-state index in [1.807, 2.05) is 0 Å². The molecule has 0 saturated carbocycles. The zero-order chi connectivity index (χ0) is 22.6. The Kier molecular flexibility index (Phi) is 6.97. The Bertz CT molecular complexity index is 1150. The maximum atomic E-state index is 13.7. The van der Waals surface area contributed by atoms with E-state index in [-0.39, 0.29) is 22.6 Å². The fourth-order valence-corrected chi connectivity index (χ4v) is 5.89. The number of ether oxygens (including phenoxy) is 2. The molecule has 2 aromatic carbocycles. The van der Waals surface area contributed by atoms with Crippen LogP contribution in [0.3, 0.4) is 0 Å². The van der Waals surface area contributed by atoms with E-state index in [4.69, 9.17) is 9.47 Å². The van der Waals surface area contributed by atoms with Crippen LogP contribution in [0.25, 0.3) is 0 Å². The Balaban J connectivity index is 1.89. The first kappa shape index (κ1) is 22.8. The largest absolute Gasteiger partial charge is 0.497 e. The van der Waals surface area contributed by atoms with Gasteiger partial charge in [0.1, 0.15) is 22.6 Å². The van der Waals surface area contributed by atoms with Gasteiger partial charge in [-0.3, -0.25) is 4.79 Å². The molecule has 3 rings (SSSR count). The highest BCUT2D eigenvalue weighted by Crippen LogP contribution is 2.32. The summed E-state index contributed by atoms with van der Waals surface area (Å²) in [7, 11) is -0.942. The molecule has 1 heterocycles. The Labute approximate surface area is 184 Å². The molecule has 1 atom stereocenters. The highest BCUT2D eigenvalue weighted by molar-refractivity contribution is 7.91. The third-order valence-corrected chi connectivity index (χ3v) is 7.97. The van der Waals surface area contributed by atoms with Crippen LogP contribution in [0.15, 0.2) is 58.8 Å². The molecule has 1 amide bonds. The summed E-state index contributed by atoms with van der Waals surface area (Å²) < 4.78 is 50.7. The van der Waals surface area contributed by atoms with Crippen molar-refractivity contribution in [2.75, 3.05) is 20.8 Å². The van der Waals surface area contributed by atoms with Gasteiger partial charge in [-0.15, -0.1) is 11.3 Å². The lowest BCUT2D eigenvalue weighted by molar-refractivity contribution is 0.0953. The Hall–Kier alpha value is -2.91. The van der Waals surface area contributed by atoms with Gasteiger partial charge in [-0.05, 0) is 54.3 Å². The molecule has 0 saturated heterocycles. The highest BCUT2D eigenvalue weighted by Gasteiger charge is 2.31. The van der Waals surface area contributed by atoms with E-state index in [0.717, 1.165) is 6.07 Å². The lowest BCUT2D eigenvalue weighted by Crippen LogP contribution is -2.31. The molecule has 1 N–H and O–H groups in total. The zero-order valence-corrected chi connectivity index (χ0v) is 18.8. The first-order chi connectivity index (χ1) is 14.8. The lowest BCUT2D eigenvalue weighted by atomic mass is 10.2. The van der Waals surface area contributed by atoms with E-state index in [2.05, 4.69) is 5.32 Å². The molecule has 0 fully saturated rings. The molecule has 0 aliphatic rings. The molecule has 0 radical (unpaired) electrons. The lowest BCUT2D eigenvalue weighted by Gasteiger charge is -2.18. The number of hydrogen-bond acceptors (Lipinski definition) is 6. The van der Waals surface area contributed by atoms with Gasteiger partial charge in [0.05, 0.1) is 19.1 Å². The van der Waals surface area contributed by atoms with Crippen LogP contribution in [0.2, 0.25) is 0 Å². The predicted molar refractivity (Wildman–Crippen MR) is 117 cm³/mol. The van der Waals surface area contributed by atoms with Gasteiger partial charge in [-0.2, -0.15) is 0 Å². The van der Waals surface area contributed by atoms with E-state index >= 15 is 0 Å². The molecule has 9 heteroatoms. The number of hydrogen-bond donors (Lipinski definition) is 1. The quantitative estimate of drug-likeness (QED) is 0.508. The molecule has 31 heavy (non-hydrogen) atoms. The average molecular weight is 464 g/mol. The summed E-state index contributed by atoms with van der Waals surface area (Å²) in [6.07, 6.45) is 0. The van der Waals surface area contributed by atoms with Crippen molar-refractivity contribution in [3.05, 3.63) is 75.7 Å². The molecule has 0 aliphatic carbocycles. The van der Waals surface area contributed by atoms with Crippen LogP contribution in [0.4, 0.5) is 4.39 Å². The van der Waals surface area contributed by atoms with Crippen LogP contribution in [-0.4, -0.2) is 35.1 Å². The smallest absolute Gasteiger partial charge is 0.251 e. The molecule has 0 bridgehead atoms. The predicted octanol–water partition coefficient (Wildman–Crippen LogP) is 4.16. The van der Waals surface area contributed by atoms with E-state index in [1.54, 1.807) is 23.6 Å². The number of amides is 1. The summed E-state index contributed by atoms with van der Waals surface area (Å²) in [4.78, 5) is 13.3. The number of halogens is 1. The van der Waals surface area contributed by atoms with E-state index < -0.39 is 26.8 Å². The normalized spacial score (nSPS) is 12.3. The van der Waals surface area contributed by atoms with Gasteiger partial charge in [0, 0.05) is 23.1 Å². The molecule has 0 aliphatic heterocycles. The number of methoxy groups -OCH3 is 2. The standard InChI is InChI=1S/C22H22FNO5S2/c1-14-9-18(6-7-19(14)23)31(26,27)21(20-5-4-8-30-20)13-24-22(25)15-10-16(28-2)12-17(11-15)29-3/h4-12,21H,13H2,1-3H3,(H,24,25)/t21-/m0/s1.